The fourth-order valence-electron chi connectivity index (χ4n) is 2.46. The van der Waals surface area contributed by atoms with E-state index in [0.717, 1.165) is 32.2 Å². The van der Waals surface area contributed by atoms with E-state index >= 15 is 0 Å². The zero-order chi connectivity index (χ0) is 14.1. The van der Waals surface area contributed by atoms with Crippen LogP contribution in [0.2, 0.25) is 0 Å². The molecule has 0 aliphatic carbocycles. The van der Waals surface area contributed by atoms with Gasteiger partial charge in [-0.15, -0.1) is 0 Å². The summed E-state index contributed by atoms with van der Waals surface area (Å²) in [5.41, 5.74) is 2.66. The normalized spacial score (nSPS) is 18.0. The maximum absolute atomic E-state index is 5.41. The third-order valence-corrected chi connectivity index (χ3v) is 3.97. The first kappa shape index (κ1) is 16.0. The molecule has 1 aliphatic rings. The number of hydrogen-bond donors (Lipinski definition) is 0. The van der Waals surface area contributed by atoms with Gasteiger partial charge in [0.1, 0.15) is 0 Å². The van der Waals surface area contributed by atoms with Gasteiger partial charge in [-0.2, -0.15) is 0 Å². The van der Waals surface area contributed by atoms with Gasteiger partial charge < -0.3 is 9.64 Å². The summed E-state index contributed by atoms with van der Waals surface area (Å²) >= 11 is 0. The molecular weight excluding hydrogens is 234 g/mol. The Balaban J connectivity index is 2.72. The van der Waals surface area contributed by atoms with E-state index in [1.807, 2.05) is 6.08 Å². The van der Waals surface area contributed by atoms with Crippen LogP contribution in [0, 0.1) is 5.92 Å². The molecule has 0 spiro atoms. The molecule has 0 N–H and O–H groups in total. The van der Waals surface area contributed by atoms with E-state index in [0.29, 0.717) is 0 Å². The zero-order valence-corrected chi connectivity index (χ0v) is 12.8. The highest BCUT2D eigenvalue weighted by Gasteiger charge is 2.12. The first-order valence-corrected chi connectivity index (χ1v) is 7.57. The van der Waals surface area contributed by atoms with Crippen molar-refractivity contribution in [1.29, 1.82) is 0 Å². The predicted octanol–water partition coefficient (Wildman–Crippen LogP) is 4.16. The Morgan fingerprint density at radius 3 is 2.37 bits per heavy atom. The second kappa shape index (κ2) is 8.98. The summed E-state index contributed by atoms with van der Waals surface area (Å²) in [4.78, 5) is 2.37. The lowest BCUT2D eigenvalue weighted by atomic mass is 9.93. The molecule has 0 radical (unpaired) electrons. The molecule has 0 aromatic carbocycles. The molecule has 1 fully saturated rings. The zero-order valence-electron chi connectivity index (χ0n) is 12.8. The second-order valence-corrected chi connectivity index (χ2v) is 5.12. The fourth-order valence-corrected chi connectivity index (χ4v) is 2.46. The van der Waals surface area contributed by atoms with Crippen LogP contribution in [0.15, 0.2) is 36.1 Å². The Morgan fingerprint density at radius 1 is 1.26 bits per heavy atom. The molecule has 0 amide bonds. The van der Waals surface area contributed by atoms with Crippen molar-refractivity contribution >= 4 is 0 Å². The molecule has 1 saturated heterocycles. The van der Waals surface area contributed by atoms with Crippen molar-refractivity contribution in [1.82, 2.24) is 4.90 Å². The summed E-state index contributed by atoms with van der Waals surface area (Å²) in [6.45, 7) is 14.2. The highest BCUT2D eigenvalue weighted by atomic mass is 16.5. The molecule has 2 nitrogen and oxygen atoms in total. The van der Waals surface area contributed by atoms with Gasteiger partial charge in [-0.05, 0) is 37.0 Å². The minimum absolute atomic E-state index is 0.790. The summed E-state index contributed by atoms with van der Waals surface area (Å²) in [5.74, 6) is 0.790. The first-order valence-electron chi connectivity index (χ1n) is 7.57. The lowest BCUT2D eigenvalue weighted by Gasteiger charge is -2.30. The van der Waals surface area contributed by atoms with E-state index in [2.05, 4.69) is 44.4 Å². The van der Waals surface area contributed by atoms with Crippen LogP contribution < -0.4 is 0 Å². The number of morpholine rings is 1. The van der Waals surface area contributed by atoms with Crippen molar-refractivity contribution in [3.05, 3.63) is 36.1 Å². The molecule has 1 heterocycles. The van der Waals surface area contributed by atoms with Gasteiger partial charge in [-0.25, -0.2) is 0 Å². The van der Waals surface area contributed by atoms with Crippen LogP contribution in [-0.4, -0.2) is 31.2 Å². The molecule has 0 bridgehead atoms. The maximum atomic E-state index is 5.41. The average molecular weight is 263 g/mol. The number of ether oxygens (including phenoxy) is 1. The van der Waals surface area contributed by atoms with Crippen molar-refractivity contribution in [3.8, 4) is 0 Å². The van der Waals surface area contributed by atoms with Gasteiger partial charge in [0.25, 0.3) is 0 Å². The predicted molar refractivity (Wildman–Crippen MR) is 83.1 cm³/mol. The highest BCUT2D eigenvalue weighted by Crippen LogP contribution is 2.21. The van der Waals surface area contributed by atoms with Crippen LogP contribution in [-0.2, 0) is 4.74 Å². The van der Waals surface area contributed by atoms with Gasteiger partial charge in [0.05, 0.1) is 13.2 Å². The van der Waals surface area contributed by atoms with Crippen LogP contribution in [0.1, 0.15) is 40.0 Å². The van der Waals surface area contributed by atoms with E-state index in [-0.39, 0.29) is 0 Å². The standard InChI is InChI=1S/C17H29NO/c1-5-15(6-2)13-16(7-3)14-17(8-4)18-9-11-19-12-10-18/h7-8,14-15H,4-6,9-13H2,1-3H3/b16-7-,17-14+. The molecule has 2 heteroatoms. The topological polar surface area (TPSA) is 12.5 Å². The van der Waals surface area contributed by atoms with Crippen molar-refractivity contribution < 1.29 is 4.74 Å². The minimum Gasteiger partial charge on any atom is -0.378 e. The Morgan fingerprint density at radius 2 is 1.89 bits per heavy atom. The Labute approximate surface area is 118 Å². The van der Waals surface area contributed by atoms with E-state index in [1.165, 1.54) is 30.5 Å². The van der Waals surface area contributed by atoms with Crippen molar-refractivity contribution in [3.63, 3.8) is 0 Å². The van der Waals surface area contributed by atoms with Gasteiger partial charge in [0, 0.05) is 18.8 Å². The molecule has 108 valence electrons. The molecule has 0 aromatic rings. The van der Waals surface area contributed by atoms with Crippen LogP contribution in [0.5, 0.6) is 0 Å². The summed E-state index contributed by atoms with van der Waals surface area (Å²) in [6.07, 6.45) is 10.2. The van der Waals surface area contributed by atoms with E-state index in [9.17, 15) is 0 Å². The molecule has 19 heavy (non-hydrogen) atoms. The molecular formula is C17H29NO. The van der Waals surface area contributed by atoms with Crippen LogP contribution >= 0.6 is 0 Å². The van der Waals surface area contributed by atoms with Gasteiger partial charge in [-0.3, -0.25) is 0 Å². The molecule has 0 aromatic heterocycles. The number of allylic oxidation sites excluding steroid dienone is 4. The van der Waals surface area contributed by atoms with Crippen LogP contribution in [0.3, 0.4) is 0 Å². The summed E-state index contributed by atoms with van der Waals surface area (Å²) in [6, 6.07) is 0. The SMILES string of the molecule is C=C/C(=C\C(=C/C)CC(CC)CC)N1CCOCC1. The molecule has 0 unspecified atom stereocenters. The Hall–Kier alpha value is -1.02. The maximum Gasteiger partial charge on any atom is 0.0642 e. The summed E-state index contributed by atoms with van der Waals surface area (Å²) in [7, 11) is 0. The first-order chi connectivity index (χ1) is 9.24. The van der Waals surface area contributed by atoms with E-state index < -0.39 is 0 Å². The number of rotatable bonds is 7. The molecule has 0 atom stereocenters. The molecule has 1 aliphatic heterocycles. The lowest BCUT2D eigenvalue weighted by molar-refractivity contribution is 0.0554. The monoisotopic (exact) mass is 263 g/mol. The summed E-state index contributed by atoms with van der Waals surface area (Å²) < 4.78 is 5.41. The average Bonchev–Trinajstić information content (AvgIpc) is 2.48. The van der Waals surface area contributed by atoms with Gasteiger partial charge in [0.2, 0.25) is 0 Å². The van der Waals surface area contributed by atoms with Crippen molar-refractivity contribution in [2.75, 3.05) is 26.3 Å². The van der Waals surface area contributed by atoms with Crippen LogP contribution in [0.25, 0.3) is 0 Å². The van der Waals surface area contributed by atoms with Gasteiger partial charge in [-0.1, -0.05) is 39.3 Å². The lowest BCUT2D eigenvalue weighted by Crippen LogP contribution is -2.35. The largest absolute Gasteiger partial charge is 0.378 e. The second-order valence-electron chi connectivity index (χ2n) is 5.12. The number of hydrogen-bond acceptors (Lipinski definition) is 2. The van der Waals surface area contributed by atoms with Crippen LogP contribution in [0.4, 0.5) is 0 Å². The highest BCUT2D eigenvalue weighted by molar-refractivity contribution is 5.28. The third kappa shape index (κ3) is 5.23. The van der Waals surface area contributed by atoms with E-state index in [1.54, 1.807) is 0 Å². The smallest absolute Gasteiger partial charge is 0.0642 e. The third-order valence-electron chi connectivity index (χ3n) is 3.97. The fraction of sp³-hybridized carbons (Fsp3) is 0.647. The quantitative estimate of drug-likeness (QED) is 0.639. The molecule has 0 saturated carbocycles. The van der Waals surface area contributed by atoms with E-state index in [4.69, 9.17) is 4.74 Å². The minimum atomic E-state index is 0.790. The van der Waals surface area contributed by atoms with Gasteiger partial charge in [0.15, 0.2) is 0 Å². The molecule has 1 rings (SSSR count). The Kier molecular flexibility index (Phi) is 7.57. The van der Waals surface area contributed by atoms with Crippen molar-refractivity contribution in [2.24, 2.45) is 5.92 Å². The summed E-state index contributed by atoms with van der Waals surface area (Å²) in [5, 5.41) is 0. The number of nitrogens with zero attached hydrogens (tertiary/aromatic N) is 1. The van der Waals surface area contributed by atoms with Gasteiger partial charge >= 0.3 is 0 Å². The Bertz CT molecular complexity index is 320. The van der Waals surface area contributed by atoms with Crippen molar-refractivity contribution in [2.45, 2.75) is 40.0 Å².